The van der Waals surface area contributed by atoms with Gasteiger partial charge in [-0.2, -0.15) is 11.8 Å². The van der Waals surface area contributed by atoms with Gasteiger partial charge in [0, 0.05) is 0 Å². The van der Waals surface area contributed by atoms with Crippen molar-refractivity contribution >= 4 is 29.5 Å². The van der Waals surface area contributed by atoms with E-state index in [-0.39, 0.29) is 0 Å². The van der Waals surface area contributed by atoms with Gasteiger partial charge in [-0.05, 0) is 24.0 Å². The average Bonchev–Trinajstić information content (AvgIpc) is 2.78. The maximum Gasteiger partial charge on any atom is 0.305 e. The van der Waals surface area contributed by atoms with Gasteiger partial charge >= 0.3 is 5.97 Å². The predicted molar refractivity (Wildman–Crippen MR) is 118 cm³/mol. The quantitative estimate of drug-likeness (QED) is 0.149. The summed E-state index contributed by atoms with van der Waals surface area (Å²) in [5, 5.41) is 53.9. The third-order valence-electron chi connectivity index (χ3n) is 4.75. The van der Waals surface area contributed by atoms with E-state index in [4.69, 9.17) is 10.8 Å². The molecule has 0 spiro atoms. The van der Waals surface area contributed by atoms with Gasteiger partial charge in [0.1, 0.15) is 12.2 Å². The first kappa shape index (κ1) is 27.8. The molecule has 0 unspecified atom stereocenters. The van der Waals surface area contributed by atoms with Gasteiger partial charge in [0.25, 0.3) is 5.91 Å². The highest BCUT2D eigenvalue weighted by Crippen LogP contribution is 2.17. The molecule has 1 rings (SSSR count). The first-order valence-electron chi connectivity index (χ1n) is 9.89. The lowest BCUT2D eigenvalue weighted by molar-refractivity contribution is -0.145. The number of benzene rings is 1. The molecule has 6 atom stereocenters. The van der Waals surface area contributed by atoms with Crippen LogP contribution in [0.15, 0.2) is 30.3 Å². The summed E-state index contributed by atoms with van der Waals surface area (Å²) in [6.45, 7) is -0.792. The van der Waals surface area contributed by atoms with Crippen LogP contribution >= 0.6 is 11.8 Å². The van der Waals surface area contributed by atoms with Gasteiger partial charge in [0.05, 0.1) is 31.2 Å². The highest BCUT2D eigenvalue weighted by atomic mass is 32.2. The summed E-state index contributed by atoms with van der Waals surface area (Å²) < 4.78 is 0. The number of hydrogen-bond donors (Lipinski definition) is 8. The second-order valence-corrected chi connectivity index (χ2v) is 8.17. The second-order valence-electron chi connectivity index (χ2n) is 7.18. The molecule has 0 aliphatic heterocycles. The van der Waals surface area contributed by atoms with E-state index < -0.39 is 67.2 Å². The van der Waals surface area contributed by atoms with E-state index in [9.17, 15) is 34.8 Å². The number of nitrogens with two attached hydrogens (primary N) is 1. The topological polar surface area (TPSA) is 202 Å². The molecule has 1 aromatic rings. The molecule has 0 heterocycles. The molecule has 0 radical (unpaired) electrons. The van der Waals surface area contributed by atoms with Crippen molar-refractivity contribution in [1.82, 2.24) is 10.6 Å². The molecular formula is C20H31N3O8S. The van der Waals surface area contributed by atoms with Crippen LogP contribution in [0.3, 0.4) is 0 Å². The Balaban J connectivity index is 2.81. The normalized spacial score (nSPS) is 16.8. The third kappa shape index (κ3) is 8.73. The number of aliphatic hydroxyl groups excluding tert-OH is 4. The summed E-state index contributed by atoms with van der Waals surface area (Å²) in [4.78, 5) is 35.7. The van der Waals surface area contributed by atoms with Gasteiger partial charge < -0.3 is 41.9 Å². The van der Waals surface area contributed by atoms with E-state index >= 15 is 0 Å². The number of aliphatic carboxylic acids is 1. The number of rotatable bonds is 14. The molecule has 9 N–H and O–H groups in total. The van der Waals surface area contributed by atoms with Crippen LogP contribution in [0.5, 0.6) is 0 Å². The maximum atomic E-state index is 12.4. The lowest BCUT2D eigenvalue weighted by atomic mass is 9.99. The molecule has 0 saturated carbocycles. The number of amides is 2. The van der Waals surface area contributed by atoms with Crippen LogP contribution in [0.4, 0.5) is 0 Å². The molecule has 180 valence electrons. The molecule has 11 nitrogen and oxygen atoms in total. The van der Waals surface area contributed by atoms with Crippen LogP contribution in [0.2, 0.25) is 0 Å². The van der Waals surface area contributed by atoms with Gasteiger partial charge in [0.2, 0.25) is 5.91 Å². The van der Waals surface area contributed by atoms with Crippen LogP contribution < -0.4 is 16.4 Å². The Hall–Kier alpha value is -2.22. The lowest BCUT2D eigenvalue weighted by Crippen LogP contribution is -2.58. The summed E-state index contributed by atoms with van der Waals surface area (Å²) in [6, 6.07) is 4.86. The molecule has 12 heteroatoms. The van der Waals surface area contributed by atoms with Crippen molar-refractivity contribution in [2.75, 3.05) is 18.6 Å². The zero-order chi connectivity index (χ0) is 24.3. The van der Waals surface area contributed by atoms with E-state index in [1.54, 1.807) is 30.3 Å². The summed E-state index contributed by atoms with van der Waals surface area (Å²) in [7, 11) is 0. The zero-order valence-corrected chi connectivity index (χ0v) is 18.4. The fourth-order valence-corrected chi connectivity index (χ4v) is 3.34. The number of carbonyl (C=O) groups is 3. The van der Waals surface area contributed by atoms with Crippen molar-refractivity contribution in [2.45, 2.75) is 49.3 Å². The first-order valence-corrected chi connectivity index (χ1v) is 11.3. The zero-order valence-electron chi connectivity index (χ0n) is 17.6. The van der Waals surface area contributed by atoms with Gasteiger partial charge in [-0.1, -0.05) is 30.3 Å². The minimum Gasteiger partial charge on any atom is -0.481 e. The summed E-state index contributed by atoms with van der Waals surface area (Å²) in [5.74, 6) is -2.39. The summed E-state index contributed by atoms with van der Waals surface area (Å²) in [6.07, 6.45) is -4.46. The molecule has 32 heavy (non-hydrogen) atoms. The molecule has 2 amide bonds. The van der Waals surface area contributed by atoms with E-state index in [0.717, 1.165) is 0 Å². The molecule has 0 fully saturated rings. The van der Waals surface area contributed by atoms with Crippen LogP contribution in [-0.2, 0) is 14.4 Å². The van der Waals surface area contributed by atoms with Gasteiger partial charge in [-0.25, -0.2) is 0 Å². The van der Waals surface area contributed by atoms with Crippen LogP contribution in [-0.4, -0.2) is 92.3 Å². The molecule has 1 aromatic carbocycles. The Labute approximate surface area is 190 Å². The fourth-order valence-electron chi connectivity index (χ4n) is 2.85. The standard InChI is InChI=1S/C20H31N3O8S/c1-32-8-7-12(21)19(30)23-14(10-24)16(27)17(28)18(29)20(31)22-13(9-15(25)26)11-5-3-2-4-6-11/h2-6,12-14,16-18,24,27-29H,7-10,21H2,1H3,(H,22,31)(H,23,30)(H,25,26)/t12-,13-,14-,16+,17+,18-/m0/s1. The summed E-state index contributed by atoms with van der Waals surface area (Å²) >= 11 is 1.48. The SMILES string of the molecule is CSCC[C@H](N)C(=O)N[C@@H](CO)[C@@H](O)[C@@H](O)[C@H](O)C(=O)N[C@@H](CC(=O)O)c1ccccc1. The fraction of sp³-hybridized carbons (Fsp3) is 0.550. The van der Waals surface area contributed by atoms with Gasteiger partial charge in [0.15, 0.2) is 6.10 Å². The number of carboxylic acid groups (broad SMARTS) is 1. The lowest BCUT2D eigenvalue weighted by Gasteiger charge is -2.30. The van der Waals surface area contributed by atoms with E-state index in [1.165, 1.54) is 11.8 Å². The number of carboxylic acids is 1. The van der Waals surface area contributed by atoms with Crippen molar-refractivity contribution in [3.05, 3.63) is 35.9 Å². The Kier molecular flexibility index (Phi) is 12.2. The largest absolute Gasteiger partial charge is 0.481 e. The van der Waals surface area contributed by atoms with Crippen molar-refractivity contribution in [1.29, 1.82) is 0 Å². The monoisotopic (exact) mass is 473 g/mol. The maximum absolute atomic E-state index is 12.4. The van der Waals surface area contributed by atoms with E-state index in [2.05, 4.69) is 10.6 Å². The highest BCUT2D eigenvalue weighted by molar-refractivity contribution is 7.98. The van der Waals surface area contributed by atoms with Crippen LogP contribution in [0, 0.1) is 0 Å². The van der Waals surface area contributed by atoms with Gasteiger partial charge in [-0.15, -0.1) is 0 Å². The number of carbonyl (C=O) groups excluding carboxylic acids is 2. The Morgan fingerprint density at radius 3 is 2.19 bits per heavy atom. The molecule has 0 aromatic heterocycles. The molecule has 0 bridgehead atoms. The molecular weight excluding hydrogens is 442 g/mol. The molecule has 0 aliphatic carbocycles. The Morgan fingerprint density at radius 1 is 1.03 bits per heavy atom. The minimum absolute atomic E-state index is 0.347. The Morgan fingerprint density at radius 2 is 1.66 bits per heavy atom. The van der Waals surface area contributed by atoms with E-state index in [1.807, 2.05) is 6.26 Å². The smallest absolute Gasteiger partial charge is 0.305 e. The van der Waals surface area contributed by atoms with Crippen molar-refractivity contribution in [3.8, 4) is 0 Å². The van der Waals surface area contributed by atoms with E-state index in [0.29, 0.717) is 17.7 Å². The average molecular weight is 474 g/mol. The van der Waals surface area contributed by atoms with Crippen molar-refractivity contribution in [3.63, 3.8) is 0 Å². The predicted octanol–water partition coefficient (Wildman–Crippen LogP) is -2.04. The van der Waals surface area contributed by atoms with Crippen molar-refractivity contribution in [2.24, 2.45) is 5.73 Å². The number of nitrogens with one attached hydrogen (secondary N) is 2. The highest BCUT2D eigenvalue weighted by Gasteiger charge is 2.37. The van der Waals surface area contributed by atoms with Gasteiger partial charge in [-0.3, -0.25) is 14.4 Å². The summed E-state index contributed by atoms with van der Waals surface area (Å²) in [5.41, 5.74) is 6.19. The van der Waals surface area contributed by atoms with Crippen LogP contribution in [0.25, 0.3) is 0 Å². The Bertz CT molecular complexity index is 739. The minimum atomic E-state index is -2.17. The number of aliphatic hydroxyl groups is 4. The molecule has 0 saturated heterocycles. The number of hydrogen-bond acceptors (Lipinski definition) is 9. The van der Waals surface area contributed by atoms with Crippen molar-refractivity contribution < 1.29 is 39.9 Å². The molecule has 0 aliphatic rings. The first-order chi connectivity index (χ1) is 15.1. The van der Waals surface area contributed by atoms with Crippen LogP contribution in [0.1, 0.15) is 24.4 Å². The number of thioether (sulfide) groups is 1. The second kappa shape index (κ2) is 14.0. The third-order valence-corrected chi connectivity index (χ3v) is 5.39.